The molecule has 1 N–H and O–H groups in total. The number of nitro groups is 1. The summed E-state index contributed by atoms with van der Waals surface area (Å²) in [5.41, 5.74) is 2.38. The molecule has 0 saturated heterocycles. The SMILES string of the molecule is O=[N+]([O-])c1ccc(-c2nc3c(OCc4ccccc4)cccn3c2O)cc1. The average Bonchev–Trinajstić information content (AvgIpc) is 3.04. The van der Waals surface area contributed by atoms with Crippen molar-refractivity contribution in [3.8, 4) is 22.9 Å². The molecule has 0 spiro atoms. The van der Waals surface area contributed by atoms with Crippen molar-refractivity contribution >= 4 is 11.3 Å². The summed E-state index contributed by atoms with van der Waals surface area (Å²) in [6.45, 7) is 0.376. The zero-order valence-corrected chi connectivity index (χ0v) is 14.1. The first-order chi connectivity index (χ1) is 13.1. The van der Waals surface area contributed by atoms with Crippen molar-refractivity contribution in [1.29, 1.82) is 0 Å². The minimum atomic E-state index is -0.469. The number of aromatic hydroxyl groups is 1. The Hall–Kier alpha value is -3.87. The van der Waals surface area contributed by atoms with E-state index in [4.69, 9.17) is 4.74 Å². The number of fused-ring (bicyclic) bond motifs is 1. The number of benzene rings is 2. The summed E-state index contributed by atoms with van der Waals surface area (Å²) >= 11 is 0. The molecule has 134 valence electrons. The Morgan fingerprint density at radius 1 is 1.04 bits per heavy atom. The van der Waals surface area contributed by atoms with E-state index in [-0.39, 0.29) is 11.6 Å². The third kappa shape index (κ3) is 3.18. The van der Waals surface area contributed by atoms with Crippen LogP contribution in [0.5, 0.6) is 11.6 Å². The summed E-state index contributed by atoms with van der Waals surface area (Å²) in [5, 5.41) is 21.4. The summed E-state index contributed by atoms with van der Waals surface area (Å²) in [6.07, 6.45) is 1.68. The fourth-order valence-corrected chi connectivity index (χ4v) is 2.81. The number of hydrogen-bond acceptors (Lipinski definition) is 5. The molecule has 7 heteroatoms. The fraction of sp³-hybridized carbons (Fsp3) is 0.0500. The van der Waals surface area contributed by atoms with E-state index in [2.05, 4.69) is 4.98 Å². The largest absolute Gasteiger partial charge is 0.493 e. The highest BCUT2D eigenvalue weighted by molar-refractivity contribution is 5.72. The van der Waals surface area contributed by atoms with Gasteiger partial charge in [-0.3, -0.25) is 14.5 Å². The number of non-ortho nitro benzene ring substituents is 1. The molecule has 0 aliphatic heterocycles. The number of hydrogen-bond donors (Lipinski definition) is 1. The zero-order valence-electron chi connectivity index (χ0n) is 14.1. The number of imidazole rings is 1. The van der Waals surface area contributed by atoms with Crippen molar-refractivity contribution in [3.63, 3.8) is 0 Å². The summed E-state index contributed by atoms with van der Waals surface area (Å²) in [4.78, 5) is 14.8. The molecule has 0 bridgehead atoms. The lowest BCUT2D eigenvalue weighted by Crippen LogP contribution is -1.97. The number of aromatic nitrogens is 2. The molecule has 0 atom stereocenters. The molecule has 4 aromatic rings. The van der Waals surface area contributed by atoms with Gasteiger partial charge in [0.25, 0.3) is 5.69 Å². The maximum Gasteiger partial charge on any atom is 0.269 e. The number of nitro benzene ring substituents is 1. The lowest BCUT2D eigenvalue weighted by atomic mass is 10.1. The van der Waals surface area contributed by atoms with Gasteiger partial charge in [-0.2, -0.15) is 0 Å². The Morgan fingerprint density at radius 2 is 1.78 bits per heavy atom. The molecule has 0 fully saturated rings. The van der Waals surface area contributed by atoms with Gasteiger partial charge in [0, 0.05) is 23.9 Å². The molecule has 2 aromatic heterocycles. The van der Waals surface area contributed by atoms with Crippen LogP contribution in [0.3, 0.4) is 0 Å². The fourth-order valence-electron chi connectivity index (χ4n) is 2.81. The number of rotatable bonds is 5. The van der Waals surface area contributed by atoms with E-state index in [1.54, 1.807) is 30.5 Å². The molecule has 0 aliphatic rings. The molecule has 27 heavy (non-hydrogen) atoms. The van der Waals surface area contributed by atoms with Gasteiger partial charge in [-0.15, -0.1) is 0 Å². The highest BCUT2D eigenvalue weighted by Crippen LogP contribution is 2.33. The second-order valence-corrected chi connectivity index (χ2v) is 5.93. The van der Waals surface area contributed by atoms with Crippen LogP contribution in [0.25, 0.3) is 16.9 Å². The van der Waals surface area contributed by atoms with E-state index in [0.717, 1.165) is 5.56 Å². The first-order valence-corrected chi connectivity index (χ1v) is 8.25. The number of ether oxygens (including phenoxy) is 1. The van der Waals surface area contributed by atoms with E-state index in [1.165, 1.54) is 16.5 Å². The summed E-state index contributed by atoms with van der Waals surface area (Å²) < 4.78 is 7.40. The highest BCUT2D eigenvalue weighted by atomic mass is 16.6. The van der Waals surface area contributed by atoms with Gasteiger partial charge in [-0.05, 0) is 29.8 Å². The Morgan fingerprint density at radius 3 is 2.48 bits per heavy atom. The maximum absolute atomic E-state index is 10.8. The predicted molar refractivity (Wildman–Crippen MR) is 99.7 cm³/mol. The summed E-state index contributed by atoms with van der Waals surface area (Å²) in [7, 11) is 0. The van der Waals surface area contributed by atoms with Crippen molar-refractivity contribution in [2.24, 2.45) is 0 Å². The van der Waals surface area contributed by atoms with Crippen LogP contribution in [0.15, 0.2) is 72.9 Å². The molecular weight excluding hydrogens is 346 g/mol. The van der Waals surface area contributed by atoms with Crippen LogP contribution in [0.2, 0.25) is 0 Å². The molecule has 0 aliphatic carbocycles. The number of nitrogens with zero attached hydrogens (tertiary/aromatic N) is 3. The second kappa shape index (κ2) is 6.80. The Kier molecular flexibility index (Phi) is 4.18. The predicted octanol–water partition coefficient (Wildman–Crippen LogP) is 4.19. The van der Waals surface area contributed by atoms with Gasteiger partial charge in [0.15, 0.2) is 11.4 Å². The van der Waals surface area contributed by atoms with Crippen LogP contribution >= 0.6 is 0 Å². The molecule has 2 heterocycles. The van der Waals surface area contributed by atoms with E-state index < -0.39 is 4.92 Å². The van der Waals surface area contributed by atoms with E-state index in [9.17, 15) is 15.2 Å². The molecule has 0 amide bonds. The van der Waals surface area contributed by atoms with Crippen LogP contribution in [-0.2, 0) is 6.61 Å². The van der Waals surface area contributed by atoms with Gasteiger partial charge < -0.3 is 9.84 Å². The summed E-state index contributed by atoms with van der Waals surface area (Å²) in [5.74, 6) is 0.480. The quantitative estimate of drug-likeness (QED) is 0.425. The molecule has 4 rings (SSSR count). The average molecular weight is 361 g/mol. The lowest BCUT2D eigenvalue weighted by Gasteiger charge is -2.07. The van der Waals surface area contributed by atoms with E-state index in [1.807, 2.05) is 30.3 Å². The summed E-state index contributed by atoms with van der Waals surface area (Å²) in [6, 6.07) is 19.2. The van der Waals surface area contributed by atoms with Gasteiger partial charge in [0.2, 0.25) is 5.88 Å². The number of pyridine rings is 1. The van der Waals surface area contributed by atoms with Crippen LogP contribution in [0, 0.1) is 10.1 Å². The zero-order chi connectivity index (χ0) is 18.8. The molecular formula is C20H15N3O4. The first kappa shape index (κ1) is 16.6. The first-order valence-electron chi connectivity index (χ1n) is 8.25. The van der Waals surface area contributed by atoms with Crippen LogP contribution in [0.4, 0.5) is 5.69 Å². The molecule has 2 aromatic carbocycles. The normalized spacial score (nSPS) is 10.8. The highest BCUT2D eigenvalue weighted by Gasteiger charge is 2.17. The lowest BCUT2D eigenvalue weighted by molar-refractivity contribution is -0.384. The van der Waals surface area contributed by atoms with E-state index >= 15 is 0 Å². The maximum atomic E-state index is 10.8. The Bertz CT molecular complexity index is 1110. The molecule has 0 unspecified atom stereocenters. The van der Waals surface area contributed by atoms with Crippen molar-refractivity contribution in [2.75, 3.05) is 0 Å². The van der Waals surface area contributed by atoms with Crippen LogP contribution in [0.1, 0.15) is 5.56 Å². The Balaban J connectivity index is 1.69. The van der Waals surface area contributed by atoms with Gasteiger partial charge in [0.05, 0.1) is 4.92 Å². The van der Waals surface area contributed by atoms with Crippen molar-refractivity contribution in [2.45, 2.75) is 6.61 Å². The molecule has 0 saturated carbocycles. The van der Waals surface area contributed by atoms with Crippen LogP contribution in [-0.4, -0.2) is 19.4 Å². The van der Waals surface area contributed by atoms with Gasteiger partial charge >= 0.3 is 0 Å². The topological polar surface area (TPSA) is 89.9 Å². The smallest absolute Gasteiger partial charge is 0.269 e. The van der Waals surface area contributed by atoms with Gasteiger partial charge in [0.1, 0.15) is 12.3 Å². The van der Waals surface area contributed by atoms with Gasteiger partial charge in [-0.1, -0.05) is 30.3 Å². The van der Waals surface area contributed by atoms with Crippen LogP contribution < -0.4 is 4.74 Å². The second-order valence-electron chi connectivity index (χ2n) is 5.93. The third-order valence-corrected chi connectivity index (χ3v) is 4.18. The van der Waals surface area contributed by atoms with E-state index in [0.29, 0.717) is 29.3 Å². The van der Waals surface area contributed by atoms with Crippen molar-refractivity contribution in [3.05, 3.63) is 88.6 Å². The minimum Gasteiger partial charge on any atom is -0.493 e. The third-order valence-electron chi connectivity index (χ3n) is 4.18. The minimum absolute atomic E-state index is 0.0195. The standard InChI is InChI=1S/C20H15N3O4/c24-20-18(15-8-10-16(11-9-15)23(25)26)21-19-17(7-4-12-22(19)20)27-13-14-5-2-1-3-6-14/h1-12,24H,13H2. The molecule has 7 nitrogen and oxygen atoms in total. The van der Waals surface area contributed by atoms with Gasteiger partial charge in [-0.25, -0.2) is 4.98 Å². The molecule has 0 radical (unpaired) electrons. The Labute approximate surface area is 154 Å². The van der Waals surface area contributed by atoms with Crippen molar-refractivity contribution < 1.29 is 14.8 Å². The monoisotopic (exact) mass is 361 g/mol. The van der Waals surface area contributed by atoms with Crippen molar-refractivity contribution in [1.82, 2.24) is 9.38 Å².